The van der Waals surface area contributed by atoms with Crippen LogP contribution in [0.25, 0.3) is 0 Å². The van der Waals surface area contributed by atoms with Crippen LogP contribution in [0.1, 0.15) is 33.6 Å². The number of hydrogen-bond acceptors (Lipinski definition) is 0. The van der Waals surface area contributed by atoms with Crippen LogP contribution < -0.4 is 0 Å². The van der Waals surface area contributed by atoms with Gasteiger partial charge in [0.25, 0.3) is 0 Å². The third kappa shape index (κ3) is 18.4. The van der Waals surface area contributed by atoms with Gasteiger partial charge in [-0.1, -0.05) is 39.5 Å². The predicted molar refractivity (Wildman–Crippen MR) is 63.5 cm³/mol. The summed E-state index contributed by atoms with van der Waals surface area (Å²) in [4.78, 5) is 0. The molecule has 0 amide bonds. The van der Waals surface area contributed by atoms with E-state index in [2.05, 4.69) is 20.8 Å². The Morgan fingerprint density at radius 3 is 2.18 bits per heavy atom. The fraction of sp³-hybridized carbons (Fsp3) is 1.00. The molecule has 0 saturated heterocycles. The summed E-state index contributed by atoms with van der Waals surface area (Å²) in [5.41, 5.74) is 0. The molecule has 0 N–H and O–H groups in total. The maximum Gasteiger partial charge on any atom is 0.364 e. The molecule has 0 nitrogen and oxygen atoms in total. The second kappa shape index (κ2) is 14.0. The summed E-state index contributed by atoms with van der Waals surface area (Å²) in [7, 11) is 0. The highest BCUT2D eigenvalue weighted by molar-refractivity contribution is 6.92. The van der Waals surface area contributed by atoms with Crippen LogP contribution in [0.2, 0.25) is 9.10 Å². The highest BCUT2D eigenvalue weighted by Crippen LogP contribution is 2.03. The number of hydrogen-bond donors (Lipinski definition) is 0. The highest BCUT2D eigenvalue weighted by atomic mass is 35.5. The molecular formula is C8H22ClMgP. The fourth-order valence-electron chi connectivity index (χ4n) is 0.979. The van der Waals surface area contributed by atoms with Crippen LogP contribution in [0.15, 0.2) is 0 Å². The monoisotopic (exact) mass is 208 g/mol. The molecule has 0 rings (SSSR count). The van der Waals surface area contributed by atoms with Crippen molar-refractivity contribution in [3.63, 3.8) is 0 Å². The van der Waals surface area contributed by atoms with E-state index in [1.165, 1.54) is 12.8 Å². The Morgan fingerprint density at radius 1 is 1.27 bits per heavy atom. The standard InChI is InChI=1S/2C4H9.ClH.Mg.H3P/c1-4(2)3;1-3-4-2;;;/h4H,1H2,2-3H3;1,3-4H2,2H3;1H;;1H3. The summed E-state index contributed by atoms with van der Waals surface area (Å²) in [6, 6.07) is 0. The lowest BCUT2D eigenvalue weighted by atomic mass is 10.3. The molecule has 0 spiro atoms. The molecule has 68 valence electrons. The zero-order valence-corrected chi connectivity index (χ0v) is 11.9. The molecule has 0 aliphatic carbocycles. The maximum atomic E-state index is 2.33. The normalized spacial score (nSPS) is 8.00. The number of unbranched alkanes of at least 4 members (excludes halogenated alkanes) is 1. The van der Waals surface area contributed by atoms with Crippen molar-refractivity contribution in [3.05, 3.63) is 0 Å². The van der Waals surface area contributed by atoms with E-state index in [9.17, 15) is 0 Å². The first-order valence-corrected chi connectivity index (χ1v) is 6.27. The minimum Gasteiger partial charge on any atom is -0.153 e. The van der Waals surface area contributed by atoms with E-state index >= 15 is 0 Å². The molecule has 0 saturated carbocycles. The van der Waals surface area contributed by atoms with Crippen LogP contribution in [0.5, 0.6) is 0 Å². The Kier molecular flexibility index (Phi) is 23.4. The summed E-state index contributed by atoms with van der Waals surface area (Å²) in [5, 5.41) is 0. The van der Waals surface area contributed by atoms with E-state index < -0.39 is 0 Å². The van der Waals surface area contributed by atoms with E-state index in [0.29, 0.717) is 20.4 Å². The molecule has 0 aromatic rings. The van der Waals surface area contributed by atoms with Crippen LogP contribution in [0.4, 0.5) is 0 Å². The van der Waals surface area contributed by atoms with Gasteiger partial charge in [0.15, 0.2) is 0 Å². The van der Waals surface area contributed by atoms with Gasteiger partial charge in [-0.15, -0.1) is 21.5 Å². The topological polar surface area (TPSA) is 0 Å². The van der Waals surface area contributed by atoms with E-state index in [0.717, 1.165) is 5.92 Å². The predicted octanol–water partition coefficient (Wildman–Crippen LogP) is 3.46. The average molecular weight is 209 g/mol. The molecular weight excluding hydrogens is 187 g/mol. The van der Waals surface area contributed by atoms with Crippen molar-refractivity contribution in [2.75, 3.05) is 0 Å². The van der Waals surface area contributed by atoms with Crippen molar-refractivity contribution < 1.29 is 0 Å². The SMILES string of the molecule is CCC[CH2][Mg][CH2]C(C)C.Cl.P. The molecule has 0 aromatic heterocycles. The first kappa shape index (κ1) is 18.3. The van der Waals surface area contributed by atoms with Gasteiger partial charge in [0.1, 0.15) is 0 Å². The quantitative estimate of drug-likeness (QED) is 0.369. The lowest BCUT2D eigenvalue weighted by Crippen LogP contribution is -1.94. The molecule has 0 aromatic carbocycles. The van der Waals surface area contributed by atoms with Crippen molar-refractivity contribution in [1.82, 2.24) is 0 Å². The Hall–Kier alpha value is 1.49. The first-order chi connectivity index (χ1) is 4.27. The smallest absolute Gasteiger partial charge is 0.153 e. The van der Waals surface area contributed by atoms with Crippen molar-refractivity contribution in [1.29, 1.82) is 0 Å². The molecule has 0 radical (unpaired) electrons. The minimum atomic E-state index is 0. The van der Waals surface area contributed by atoms with Gasteiger partial charge in [0, 0.05) is 0 Å². The Morgan fingerprint density at radius 2 is 1.82 bits per heavy atom. The van der Waals surface area contributed by atoms with Gasteiger partial charge in [-0.3, -0.25) is 0 Å². The van der Waals surface area contributed by atoms with E-state index in [1.54, 1.807) is 9.10 Å². The molecule has 0 aliphatic rings. The third-order valence-corrected chi connectivity index (χ3v) is 4.20. The van der Waals surface area contributed by atoms with Gasteiger partial charge in [-0.25, -0.2) is 0 Å². The molecule has 1 unspecified atom stereocenters. The van der Waals surface area contributed by atoms with Gasteiger partial charge in [0.05, 0.1) is 0 Å². The Balaban J connectivity index is -0.000000320. The molecule has 3 heteroatoms. The van der Waals surface area contributed by atoms with E-state index in [4.69, 9.17) is 0 Å². The molecule has 0 bridgehead atoms. The van der Waals surface area contributed by atoms with Crippen molar-refractivity contribution in [2.45, 2.75) is 42.7 Å². The molecule has 11 heavy (non-hydrogen) atoms. The molecule has 0 heterocycles. The Labute approximate surface area is 91.0 Å². The minimum absolute atomic E-state index is 0. The summed E-state index contributed by atoms with van der Waals surface area (Å²) in [6.45, 7) is 6.95. The average Bonchev–Trinajstić information content (AvgIpc) is 1.80. The lowest BCUT2D eigenvalue weighted by molar-refractivity contribution is 0.726. The number of halogens is 1. The fourth-order valence-corrected chi connectivity index (χ4v) is 2.94. The zero-order valence-electron chi connectivity index (χ0n) is 8.23. The van der Waals surface area contributed by atoms with E-state index in [-0.39, 0.29) is 22.3 Å². The van der Waals surface area contributed by atoms with Crippen LogP contribution in [0.3, 0.4) is 0 Å². The summed E-state index contributed by atoms with van der Waals surface area (Å²) >= 11 is 0.353. The Bertz CT molecular complexity index is 60.1. The summed E-state index contributed by atoms with van der Waals surface area (Å²) in [6.07, 6.45) is 2.88. The van der Waals surface area contributed by atoms with Gasteiger partial charge >= 0.3 is 20.4 Å². The van der Waals surface area contributed by atoms with Gasteiger partial charge in [-0.05, 0) is 0 Å². The van der Waals surface area contributed by atoms with Crippen molar-refractivity contribution in [3.8, 4) is 0 Å². The van der Waals surface area contributed by atoms with Gasteiger partial charge in [0.2, 0.25) is 0 Å². The lowest BCUT2D eigenvalue weighted by Gasteiger charge is -1.99. The molecule has 1 atom stereocenters. The van der Waals surface area contributed by atoms with Gasteiger partial charge in [-0.2, -0.15) is 9.90 Å². The maximum absolute atomic E-state index is 2.33. The summed E-state index contributed by atoms with van der Waals surface area (Å²) < 4.78 is 3.13. The van der Waals surface area contributed by atoms with Crippen LogP contribution in [-0.2, 0) is 0 Å². The molecule has 0 aliphatic heterocycles. The highest BCUT2D eigenvalue weighted by Gasteiger charge is 1.97. The second-order valence-electron chi connectivity index (χ2n) is 3.24. The molecule has 0 fully saturated rings. The summed E-state index contributed by atoms with van der Waals surface area (Å²) in [5.74, 6) is 0.966. The van der Waals surface area contributed by atoms with E-state index in [1.807, 2.05) is 0 Å². The van der Waals surface area contributed by atoms with Crippen LogP contribution in [-0.4, -0.2) is 20.4 Å². The van der Waals surface area contributed by atoms with Gasteiger partial charge < -0.3 is 0 Å². The number of rotatable bonds is 5. The van der Waals surface area contributed by atoms with Crippen molar-refractivity contribution >= 4 is 42.7 Å². The first-order valence-electron chi connectivity index (χ1n) is 4.27. The largest absolute Gasteiger partial charge is 0.364 e. The van der Waals surface area contributed by atoms with Crippen LogP contribution in [0, 0.1) is 5.92 Å². The van der Waals surface area contributed by atoms with Crippen LogP contribution >= 0.6 is 22.3 Å². The third-order valence-electron chi connectivity index (χ3n) is 1.64. The zero-order chi connectivity index (χ0) is 7.11. The second-order valence-corrected chi connectivity index (χ2v) is 5.23. The van der Waals surface area contributed by atoms with Crippen molar-refractivity contribution in [2.24, 2.45) is 5.92 Å².